The molecule has 0 aromatic rings. The molecule has 3 N–H and O–H groups in total. The van der Waals surface area contributed by atoms with Gasteiger partial charge in [-0.2, -0.15) is 0 Å². The normalized spacial score (nSPS) is 16.1. The molecule has 2 atom stereocenters. The number of hydrogen-bond donors (Lipinski definition) is 3. The molecule has 18 heavy (non-hydrogen) atoms. The summed E-state index contributed by atoms with van der Waals surface area (Å²) in [5.41, 5.74) is -1.05. The SMILES string of the molecule is CCC(O)CCNC(=O)CC(C)(C(=O)O)C(C)C. The van der Waals surface area contributed by atoms with Gasteiger partial charge in [0, 0.05) is 13.0 Å². The molecule has 1 amide bonds. The molecule has 106 valence electrons. The van der Waals surface area contributed by atoms with Crippen LogP contribution in [0.3, 0.4) is 0 Å². The van der Waals surface area contributed by atoms with Crippen molar-refractivity contribution < 1.29 is 19.8 Å². The van der Waals surface area contributed by atoms with Gasteiger partial charge < -0.3 is 15.5 Å². The first kappa shape index (κ1) is 16.9. The zero-order valence-corrected chi connectivity index (χ0v) is 11.7. The van der Waals surface area contributed by atoms with Gasteiger partial charge in [0.05, 0.1) is 11.5 Å². The third-order valence-corrected chi connectivity index (χ3v) is 3.56. The summed E-state index contributed by atoms with van der Waals surface area (Å²) in [6.07, 6.45) is 0.686. The summed E-state index contributed by atoms with van der Waals surface area (Å²) in [6.45, 7) is 7.42. The number of rotatable bonds is 8. The Morgan fingerprint density at radius 3 is 2.28 bits per heavy atom. The molecular weight excluding hydrogens is 234 g/mol. The lowest BCUT2D eigenvalue weighted by Crippen LogP contribution is -2.39. The van der Waals surface area contributed by atoms with Gasteiger partial charge in [0.1, 0.15) is 0 Å². The van der Waals surface area contributed by atoms with Crippen LogP contribution in [0.25, 0.3) is 0 Å². The number of carbonyl (C=O) groups is 2. The maximum Gasteiger partial charge on any atom is 0.310 e. The summed E-state index contributed by atoms with van der Waals surface area (Å²) in [7, 11) is 0. The number of carboxylic acid groups (broad SMARTS) is 1. The first-order valence-corrected chi connectivity index (χ1v) is 6.42. The van der Waals surface area contributed by atoms with E-state index in [0.717, 1.165) is 0 Å². The molecule has 0 spiro atoms. The van der Waals surface area contributed by atoms with Gasteiger partial charge in [0.2, 0.25) is 5.91 Å². The van der Waals surface area contributed by atoms with E-state index in [9.17, 15) is 19.8 Å². The van der Waals surface area contributed by atoms with Crippen molar-refractivity contribution in [1.29, 1.82) is 0 Å². The number of aliphatic hydroxyl groups excluding tert-OH is 1. The Labute approximate surface area is 109 Å². The van der Waals surface area contributed by atoms with Gasteiger partial charge in [-0.15, -0.1) is 0 Å². The molecule has 5 heteroatoms. The van der Waals surface area contributed by atoms with E-state index < -0.39 is 17.5 Å². The van der Waals surface area contributed by atoms with Crippen molar-refractivity contribution in [1.82, 2.24) is 5.32 Å². The Kier molecular flexibility index (Phi) is 6.91. The fourth-order valence-electron chi connectivity index (χ4n) is 1.51. The molecular formula is C13H25NO4. The first-order chi connectivity index (χ1) is 8.24. The molecule has 0 aliphatic carbocycles. The summed E-state index contributed by atoms with van der Waals surface area (Å²) in [6, 6.07) is 0. The zero-order valence-electron chi connectivity index (χ0n) is 11.7. The average molecular weight is 259 g/mol. The Morgan fingerprint density at radius 2 is 1.89 bits per heavy atom. The van der Waals surface area contributed by atoms with Crippen LogP contribution in [0.4, 0.5) is 0 Å². The molecule has 2 unspecified atom stereocenters. The van der Waals surface area contributed by atoms with Crippen molar-refractivity contribution in [3.63, 3.8) is 0 Å². The molecule has 0 heterocycles. The van der Waals surface area contributed by atoms with Crippen LogP contribution in [-0.4, -0.2) is 34.7 Å². The molecule has 0 saturated carbocycles. The topological polar surface area (TPSA) is 86.6 Å². The third-order valence-electron chi connectivity index (χ3n) is 3.56. The minimum atomic E-state index is -1.05. The van der Waals surface area contributed by atoms with Crippen molar-refractivity contribution in [2.24, 2.45) is 11.3 Å². The van der Waals surface area contributed by atoms with Gasteiger partial charge in [-0.05, 0) is 25.7 Å². The Bertz CT molecular complexity index is 291. The van der Waals surface area contributed by atoms with Crippen LogP contribution in [-0.2, 0) is 9.59 Å². The molecule has 5 nitrogen and oxygen atoms in total. The van der Waals surface area contributed by atoms with Gasteiger partial charge in [-0.25, -0.2) is 0 Å². The standard InChI is InChI=1S/C13H25NO4/c1-5-10(15)6-7-14-11(16)8-13(4,9(2)3)12(17)18/h9-10,15H,5-8H2,1-4H3,(H,14,16)(H,17,18). The first-order valence-electron chi connectivity index (χ1n) is 6.42. The van der Waals surface area contributed by atoms with Crippen LogP contribution < -0.4 is 5.32 Å². The summed E-state index contributed by atoms with van der Waals surface area (Å²) in [4.78, 5) is 22.9. The van der Waals surface area contributed by atoms with Gasteiger partial charge in [0.15, 0.2) is 0 Å². The fraction of sp³-hybridized carbons (Fsp3) is 0.846. The van der Waals surface area contributed by atoms with E-state index in [1.165, 1.54) is 0 Å². The van der Waals surface area contributed by atoms with Crippen LogP contribution in [0.1, 0.15) is 47.0 Å². The molecule has 0 radical (unpaired) electrons. The predicted octanol–water partition coefficient (Wildman–Crippen LogP) is 1.40. The highest BCUT2D eigenvalue weighted by atomic mass is 16.4. The number of carboxylic acids is 1. The Morgan fingerprint density at radius 1 is 1.33 bits per heavy atom. The second-order valence-electron chi connectivity index (χ2n) is 5.25. The van der Waals surface area contributed by atoms with E-state index in [4.69, 9.17) is 0 Å². The summed E-state index contributed by atoms with van der Waals surface area (Å²) < 4.78 is 0. The average Bonchev–Trinajstić information content (AvgIpc) is 2.27. The summed E-state index contributed by atoms with van der Waals surface area (Å²) in [5.74, 6) is -1.36. The maximum absolute atomic E-state index is 11.7. The van der Waals surface area contributed by atoms with Gasteiger partial charge >= 0.3 is 5.97 Å². The van der Waals surface area contributed by atoms with Crippen molar-refractivity contribution in [3.8, 4) is 0 Å². The molecule has 0 rings (SSSR count). The summed E-state index contributed by atoms with van der Waals surface area (Å²) >= 11 is 0. The fourth-order valence-corrected chi connectivity index (χ4v) is 1.51. The lowest BCUT2D eigenvalue weighted by atomic mass is 9.76. The van der Waals surface area contributed by atoms with Crippen LogP contribution in [0.2, 0.25) is 0 Å². The molecule has 0 aliphatic heterocycles. The van der Waals surface area contributed by atoms with Crippen molar-refractivity contribution in [3.05, 3.63) is 0 Å². The molecule has 0 bridgehead atoms. The third kappa shape index (κ3) is 5.04. The van der Waals surface area contributed by atoms with Crippen molar-refractivity contribution in [2.45, 2.75) is 53.1 Å². The number of nitrogens with one attached hydrogen (secondary N) is 1. The van der Waals surface area contributed by atoms with Gasteiger partial charge in [0.25, 0.3) is 0 Å². The lowest BCUT2D eigenvalue weighted by Gasteiger charge is -2.28. The summed E-state index contributed by atoms with van der Waals surface area (Å²) in [5, 5.41) is 21.2. The Balaban J connectivity index is 4.25. The zero-order chi connectivity index (χ0) is 14.3. The highest BCUT2D eigenvalue weighted by Crippen LogP contribution is 2.31. The van der Waals surface area contributed by atoms with Crippen LogP contribution >= 0.6 is 0 Å². The number of amides is 1. The minimum Gasteiger partial charge on any atom is -0.481 e. The smallest absolute Gasteiger partial charge is 0.310 e. The molecule has 0 fully saturated rings. The van der Waals surface area contributed by atoms with Crippen molar-refractivity contribution in [2.75, 3.05) is 6.54 Å². The van der Waals surface area contributed by atoms with E-state index in [-0.39, 0.29) is 18.2 Å². The highest BCUT2D eigenvalue weighted by Gasteiger charge is 2.38. The van der Waals surface area contributed by atoms with Crippen molar-refractivity contribution >= 4 is 11.9 Å². The van der Waals surface area contributed by atoms with E-state index in [1.807, 2.05) is 6.92 Å². The monoisotopic (exact) mass is 259 g/mol. The predicted molar refractivity (Wildman–Crippen MR) is 69.1 cm³/mol. The van der Waals surface area contributed by atoms with Crippen LogP contribution in [0, 0.1) is 11.3 Å². The number of aliphatic carboxylic acids is 1. The van der Waals surface area contributed by atoms with Gasteiger partial charge in [-0.1, -0.05) is 20.8 Å². The number of hydrogen-bond acceptors (Lipinski definition) is 3. The highest BCUT2D eigenvalue weighted by molar-refractivity contribution is 5.84. The second-order valence-corrected chi connectivity index (χ2v) is 5.25. The van der Waals surface area contributed by atoms with E-state index in [1.54, 1.807) is 20.8 Å². The molecule has 0 saturated heterocycles. The Hall–Kier alpha value is -1.10. The van der Waals surface area contributed by atoms with Crippen LogP contribution in [0.15, 0.2) is 0 Å². The number of aliphatic hydroxyl groups is 1. The second kappa shape index (κ2) is 7.36. The quantitative estimate of drug-likeness (QED) is 0.615. The molecule has 0 aromatic carbocycles. The maximum atomic E-state index is 11.7. The largest absolute Gasteiger partial charge is 0.481 e. The minimum absolute atomic E-state index is 0.0395. The van der Waals surface area contributed by atoms with Gasteiger partial charge in [-0.3, -0.25) is 9.59 Å². The number of carbonyl (C=O) groups excluding carboxylic acids is 1. The lowest BCUT2D eigenvalue weighted by molar-refractivity contribution is -0.153. The van der Waals surface area contributed by atoms with E-state index >= 15 is 0 Å². The molecule has 0 aromatic heterocycles. The molecule has 0 aliphatic rings. The van der Waals surface area contributed by atoms with E-state index in [0.29, 0.717) is 19.4 Å². The van der Waals surface area contributed by atoms with Crippen LogP contribution in [0.5, 0.6) is 0 Å². The van der Waals surface area contributed by atoms with E-state index in [2.05, 4.69) is 5.32 Å².